The summed E-state index contributed by atoms with van der Waals surface area (Å²) < 4.78 is 0. The number of rotatable bonds is 8. The molecular weight excluding hydrogens is 464 g/mol. The maximum absolute atomic E-state index is 10.8. The summed E-state index contributed by atoms with van der Waals surface area (Å²) in [5.74, 6) is 0. The summed E-state index contributed by atoms with van der Waals surface area (Å²) in [5.41, 5.74) is 7.67. The highest BCUT2D eigenvalue weighted by atomic mass is 35.5. The molecule has 0 heterocycles. The van der Waals surface area contributed by atoms with Crippen LogP contribution in [0.3, 0.4) is 0 Å². The second kappa shape index (κ2) is 21.4. The number of hydrogen-bond acceptors (Lipinski definition) is 5. The normalized spacial score (nSPS) is 10.0. The average Bonchev–Trinajstić information content (AvgIpc) is 2.88. The van der Waals surface area contributed by atoms with E-state index in [1.54, 1.807) is 12.1 Å². The summed E-state index contributed by atoms with van der Waals surface area (Å²) >= 11 is 6.27. The van der Waals surface area contributed by atoms with Gasteiger partial charge in [-0.05, 0) is 44.3 Å². The van der Waals surface area contributed by atoms with Gasteiger partial charge in [0, 0.05) is 35.1 Å². The van der Waals surface area contributed by atoms with Crippen molar-refractivity contribution in [2.45, 2.75) is 73.8 Å². The molecule has 2 aromatic carbocycles. The molecule has 0 fully saturated rings. The highest BCUT2D eigenvalue weighted by Gasteiger charge is 2.15. The fourth-order valence-corrected chi connectivity index (χ4v) is 2.46. The van der Waals surface area contributed by atoms with Crippen LogP contribution in [0.2, 0.25) is 5.02 Å². The largest absolute Gasteiger partial charge is 0.372 e. The van der Waals surface area contributed by atoms with E-state index in [2.05, 4.69) is 45.1 Å². The maximum atomic E-state index is 10.8. The minimum Gasteiger partial charge on any atom is -0.372 e. The number of anilines is 1. The molecule has 8 heteroatoms. The van der Waals surface area contributed by atoms with E-state index in [-0.39, 0.29) is 12.1 Å². The molecule has 0 aliphatic heterocycles. The molecule has 0 bridgehead atoms. The number of non-ortho nitro benzene ring substituents is 1. The van der Waals surface area contributed by atoms with Crippen molar-refractivity contribution in [2.75, 3.05) is 4.90 Å². The Hall–Kier alpha value is -3.19. The van der Waals surface area contributed by atoms with Crippen LogP contribution in [0.4, 0.5) is 11.4 Å². The molecule has 0 aliphatic carbocycles. The van der Waals surface area contributed by atoms with E-state index >= 15 is 0 Å². The van der Waals surface area contributed by atoms with E-state index in [1.807, 2.05) is 43.0 Å². The van der Waals surface area contributed by atoms with E-state index in [0.717, 1.165) is 22.6 Å². The lowest BCUT2D eigenvalue weighted by atomic mass is 10.1. The van der Waals surface area contributed by atoms with Gasteiger partial charge in [-0.1, -0.05) is 83.2 Å². The van der Waals surface area contributed by atoms with Gasteiger partial charge in [-0.2, -0.15) is 0 Å². The van der Waals surface area contributed by atoms with Gasteiger partial charge in [0.25, 0.3) is 5.69 Å². The molecule has 0 aliphatic rings. The molecule has 35 heavy (non-hydrogen) atoms. The minimum atomic E-state index is -0.415. The third-order valence-corrected chi connectivity index (χ3v) is 5.19. The van der Waals surface area contributed by atoms with Crippen molar-refractivity contribution in [2.24, 2.45) is 10.7 Å². The number of nitrogens with two attached hydrogens (primary N) is 1. The Balaban J connectivity index is 0. The molecule has 0 saturated heterocycles. The number of allylic oxidation sites excluding steroid dienone is 2. The molecule has 2 aromatic rings. The minimum absolute atomic E-state index is 0.0524. The van der Waals surface area contributed by atoms with E-state index in [4.69, 9.17) is 16.4 Å². The number of carbonyl (C=O) groups is 1. The van der Waals surface area contributed by atoms with Gasteiger partial charge in [-0.25, -0.2) is 0 Å². The standard InChI is InChI=1S/C18H18ClN3O2.2C4H10.CH3NO/c1-13(20-3)14(2)21(12-15-6-4-5-7-18(15)19)16-8-10-17(11-9-16)22(23)24;2*1-3-4-2;2-1-3/h4-11H,3,12H2,1-2H3;2*3-4H2,1-2H3;1H,(H2,2,3)/b14-13-;;;. The van der Waals surface area contributed by atoms with Crippen LogP contribution in [0, 0.1) is 10.1 Å². The number of hydrogen-bond donors (Lipinski definition) is 1. The highest BCUT2D eigenvalue weighted by molar-refractivity contribution is 6.31. The van der Waals surface area contributed by atoms with Crippen LogP contribution in [0.1, 0.15) is 72.8 Å². The van der Waals surface area contributed by atoms with Crippen LogP contribution in [0.15, 0.2) is 64.9 Å². The molecule has 0 saturated carbocycles. The van der Waals surface area contributed by atoms with Crippen LogP contribution in [0.25, 0.3) is 0 Å². The molecule has 0 unspecified atom stereocenters. The first kappa shape index (κ1) is 34.0. The van der Waals surface area contributed by atoms with Crippen LogP contribution >= 0.6 is 11.6 Å². The summed E-state index contributed by atoms with van der Waals surface area (Å²) in [6.07, 6.45) is 5.53. The molecule has 0 atom stereocenters. The zero-order chi connectivity index (χ0) is 27.2. The fraction of sp³-hybridized carbons (Fsp3) is 0.407. The molecule has 2 rings (SSSR count). The van der Waals surface area contributed by atoms with Gasteiger partial charge in [0.05, 0.1) is 10.6 Å². The zero-order valence-corrected chi connectivity index (χ0v) is 22.7. The topological polar surface area (TPSA) is 102 Å². The van der Waals surface area contributed by atoms with Gasteiger partial charge in [0.2, 0.25) is 6.41 Å². The smallest absolute Gasteiger partial charge is 0.269 e. The first-order valence-electron chi connectivity index (χ1n) is 11.7. The third kappa shape index (κ3) is 14.6. The molecular formula is C27H41ClN4O3. The number of unbranched alkanes of at least 4 members (excludes halogenated alkanes) is 2. The Morgan fingerprint density at radius 3 is 1.86 bits per heavy atom. The number of nitro benzene ring substituents is 1. The highest BCUT2D eigenvalue weighted by Crippen LogP contribution is 2.28. The summed E-state index contributed by atoms with van der Waals surface area (Å²) in [5, 5.41) is 11.5. The lowest BCUT2D eigenvalue weighted by Crippen LogP contribution is -2.21. The number of benzene rings is 2. The number of aliphatic imine (C=N–C) groups is 1. The first-order valence-corrected chi connectivity index (χ1v) is 12.1. The predicted octanol–water partition coefficient (Wildman–Crippen LogP) is 7.92. The number of amides is 1. The van der Waals surface area contributed by atoms with Crippen molar-refractivity contribution in [1.29, 1.82) is 0 Å². The fourth-order valence-electron chi connectivity index (χ4n) is 2.26. The number of carbonyl (C=O) groups excluding carboxylic acids is 1. The monoisotopic (exact) mass is 504 g/mol. The van der Waals surface area contributed by atoms with Gasteiger partial charge in [0.1, 0.15) is 0 Å². The Kier molecular flexibility index (Phi) is 20.7. The summed E-state index contributed by atoms with van der Waals surface area (Å²) in [6, 6.07) is 14.0. The molecule has 194 valence electrons. The van der Waals surface area contributed by atoms with E-state index in [9.17, 15) is 10.1 Å². The Bertz CT molecular complexity index is 892. The lowest BCUT2D eigenvalue weighted by molar-refractivity contribution is -0.384. The molecule has 2 N–H and O–H groups in total. The van der Waals surface area contributed by atoms with E-state index in [0.29, 0.717) is 11.6 Å². The number of halogens is 1. The second-order valence-electron chi connectivity index (χ2n) is 7.42. The summed E-state index contributed by atoms with van der Waals surface area (Å²) in [6.45, 7) is 16.6. The molecule has 0 spiro atoms. The zero-order valence-electron chi connectivity index (χ0n) is 22.0. The number of nitro groups is 1. The van der Waals surface area contributed by atoms with Crippen molar-refractivity contribution >= 4 is 36.1 Å². The van der Waals surface area contributed by atoms with Crippen molar-refractivity contribution in [3.05, 3.63) is 80.6 Å². The Morgan fingerprint density at radius 2 is 1.49 bits per heavy atom. The average molecular weight is 505 g/mol. The van der Waals surface area contributed by atoms with Crippen LogP contribution in [0.5, 0.6) is 0 Å². The number of nitrogens with zero attached hydrogens (tertiary/aromatic N) is 3. The molecule has 0 aromatic heterocycles. The summed E-state index contributed by atoms with van der Waals surface area (Å²) in [7, 11) is 0. The van der Waals surface area contributed by atoms with Gasteiger partial charge >= 0.3 is 0 Å². The van der Waals surface area contributed by atoms with Gasteiger partial charge < -0.3 is 10.6 Å². The summed E-state index contributed by atoms with van der Waals surface area (Å²) in [4.78, 5) is 25.0. The third-order valence-electron chi connectivity index (χ3n) is 4.82. The molecule has 7 nitrogen and oxygen atoms in total. The van der Waals surface area contributed by atoms with Gasteiger partial charge in [-0.15, -0.1) is 0 Å². The SMILES string of the molecule is C=N/C(C)=C(/C)N(Cc1ccccc1Cl)c1ccc([N+](=O)[O-])cc1.CCCC.CCCC.NC=O. The molecule has 0 radical (unpaired) electrons. The van der Waals surface area contributed by atoms with E-state index in [1.165, 1.54) is 37.8 Å². The van der Waals surface area contributed by atoms with Gasteiger partial charge in [-0.3, -0.25) is 19.9 Å². The molecule has 1 amide bonds. The Labute approximate surface area is 215 Å². The van der Waals surface area contributed by atoms with Crippen molar-refractivity contribution in [3.8, 4) is 0 Å². The number of primary amides is 1. The van der Waals surface area contributed by atoms with Crippen molar-refractivity contribution < 1.29 is 9.72 Å². The lowest BCUT2D eigenvalue weighted by Gasteiger charge is -2.27. The van der Waals surface area contributed by atoms with Gasteiger partial charge in [0.15, 0.2) is 0 Å². The first-order chi connectivity index (χ1) is 16.7. The quantitative estimate of drug-likeness (QED) is 0.170. The Morgan fingerprint density at radius 1 is 1.03 bits per heavy atom. The van der Waals surface area contributed by atoms with Crippen LogP contribution < -0.4 is 10.6 Å². The van der Waals surface area contributed by atoms with E-state index < -0.39 is 4.92 Å². The van der Waals surface area contributed by atoms with Crippen molar-refractivity contribution in [3.63, 3.8) is 0 Å². The van der Waals surface area contributed by atoms with Crippen molar-refractivity contribution in [1.82, 2.24) is 0 Å². The van der Waals surface area contributed by atoms with Crippen LogP contribution in [-0.2, 0) is 11.3 Å². The maximum Gasteiger partial charge on any atom is 0.269 e. The predicted molar refractivity (Wildman–Crippen MR) is 150 cm³/mol. The second-order valence-corrected chi connectivity index (χ2v) is 7.82. The van der Waals surface area contributed by atoms with Crippen LogP contribution in [-0.4, -0.2) is 18.1 Å².